The largest absolute Gasteiger partial charge is 0.396 e. The molecule has 0 bridgehead atoms. The summed E-state index contributed by atoms with van der Waals surface area (Å²) in [7, 11) is 0. The van der Waals surface area contributed by atoms with Gasteiger partial charge in [-0.2, -0.15) is 0 Å². The molecule has 0 saturated heterocycles. The SMILES string of the molecule is C=CC1C[C@]2(C)CCC(C)(C)[C@@H]2C1CO. The zero-order valence-corrected chi connectivity index (χ0v) is 10.3. The Morgan fingerprint density at radius 1 is 1.33 bits per heavy atom. The fourth-order valence-corrected chi connectivity index (χ4v) is 4.62. The fraction of sp³-hybridized carbons (Fsp3) is 0.857. The number of hydrogen-bond donors (Lipinski definition) is 1. The predicted molar refractivity (Wildman–Crippen MR) is 63.5 cm³/mol. The van der Waals surface area contributed by atoms with Gasteiger partial charge in [0.15, 0.2) is 0 Å². The average molecular weight is 208 g/mol. The van der Waals surface area contributed by atoms with Crippen LogP contribution >= 0.6 is 0 Å². The molecule has 1 nitrogen and oxygen atoms in total. The molecule has 1 N–H and O–H groups in total. The van der Waals surface area contributed by atoms with E-state index in [0.717, 1.165) is 0 Å². The smallest absolute Gasteiger partial charge is 0.0467 e. The molecule has 86 valence electrons. The van der Waals surface area contributed by atoms with Gasteiger partial charge in [0.2, 0.25) is 0 Å². The first-order chi connectivity index (χ1) is 6.94. The fourth-order valence-electron chi connectivity index (χ4n) is 4.62. The first-order valence-corrected chi connectivity index (χ1v) is 6.18. The minimum absolute atomic E-state index is 0.334. The van der Waals surface area contributed by atoms with Gasteiger partial charge in [-0.15, -0.1) is 6.58 Å². The summed E-state index contributed by atoms with van der Waals surface area (Å²) >= 11 is 0. The molecule has 4 atom stereocenters. The van der Waals surface area contributed by atoms with Crippen LogP contribution in [-0.2, 0) is 0 Å². The van der Waals surface area contributed by atoms with E-state index in [4.69, 9.17) is 0 Å². The molecule has 0 aromatic rings. The van der Waals surface area contributed by atoms with Crippen LogP contribution in [-0.4, -0.2) is 11.7 Å². The summed E-state index contributed by atoms with van der Waals surface area (Å²) in [6.45, 7) is 11.4. The standard InChI is InChI=1S/C14H24O/c1-5-10-8-14(4)7-6-13(2,3)12(14)11(10)9-15/h5,10-12,15H,1,6-9H2,2-4H3/t10?,11?,12-,14-/m0/s1. The molecule has 2 rings (SSSR count). The third-order valence-corrected chi connectivity index (χ3v) is 5.13. The Balaban J connectivity index is 2.34. The normalized spacial score (nSPS) is 47.9. The second kappa shape index (κ2) is 3.35. The lowest BCUT2D eigenvalue weighted by molar-refractivity contribution is 0.0830. The number of fused-ring (bicyclic) bond motifs is 1. The number of aliphatic hydroxyl groups is 1. The van der Waals surface area contributed by atoms with E-state index in [0.29, 0.717) is 35.2 Å². The molecule has 0 heterocycles. The molecule has 2 saturated carbocycles. The lowest BCUT2D eigenvalue weighted by atomic mass is 9.70. The summed E-state index contributed by atoms with van der Waals surface area (Å²) in [5.41, 5.74) is 0.857. The van der Waals surface area contributed by atoms with E-state index in [9.17, 15) is 5.11 Å². The first-order valence-electron chi connectivity index (χ1n) is 6.18. The Morgan fingerprint density at radius 2 is 2.00 bits per heavy atom. The lowest BCUT2D eigenvalue weighted by Crippen LogP contribution is -2.32. The van der Waals surface area contributed by atoms with Crippen molar-refractivity contribution in [2.75, 3.05) is 6.61 Å². The van der Waals surface area contributed by atoms with Crippen molar-refractivity contribution in [3.8, 4) is 0 Å². The monoisotopic (exact) mass is 208 g/mol. The summed E-state index contributed by atoms with van der Waals surface area (Å²) in [6, 6.07) is 0. The topological polar surface area (TPSA) is 20.2 Å². The molecule has 2 fully saturated rings. The molecule has 0 aliphatic heterocycles. The third-order valence-electron chi connectivity index (χ3n) is 5.13. The maximum atomic E-state index is 9.61. The first kappa shape index (κ1) is 11.2. The summed E-state index contributed by atoms with van der Waals surface area (Å²) in [4.78, 5) is 0. The molecule has 0 amide bonds. The van der Waals surface area contributed by atoms with Gasteiger partial charge in [0.1, 0.15) is 0 Å². The molecule has 0 radical (unpaired) electrons. The van der Waals surface area contributed by atoms with Crippen LogP contribution in [0.3, 0.4) is 0 Å². The van der Waals surface area contributed by atoms with Crippen molar-refractivity contribution >= 4 is 0 Å². The van der Waals surface area contributed by atoms with Gasteiger partial charge in [-0.1, -0.05) is 26.8 Å². The number of aliphatic hydroxyl groups excluding tert-OH is 1. The molecule has 0 spiro atoms. The Morgan fingerprint density at radius 3 is 2.53 bits per heavy atom. The highest BCUT2D eigenvalue weighted by molar-refractivity contribution is 5.11. The Labute approximate surface area is 93.6 Å². The summed E-state index contributed by atoms with van der Waals surface area (Å²) in [5, 5.41) is 9.61. The van der Waals surface area contributed by atoms with Crippen molar-refractivity contribution in [2.24, 2.45) is 28.6 Å². The lowest BCUT2D eigenvalue weighted by Gasteiger charge is -2.35. The Bertz CT molecular complexity index is 269. The number of hydrogen-bond acceptors (Lipinski definition) is 1. The minimum atomic E-state index is 0.334. The molecule has 0 aromatic carbocycles. The molecule has 2 aliphatic rings. The van der Waals surface area contributed by atoms with Crippen LogP contribution < -0.4 is 0 Å². The van der Waals surface area contributed by atoms with Crippen LogP contribution in [0.25, 0.3) is 0 Å². The zero-order valence-electron chi connectivity index (χ0n) is 10.3. The van der Waals surface area contributed by atoms with Crippen LogP contribution in [0.1, 0.15) is 40.0 Å². The van der Waals surface area contributed by atoms with Crippen LogP contribution in [0.2, 0.25) is 0 Å². The molecule has 2 unspecified atom stereocenters. The van der Waals surface area contributed by atoms with Crippen molar-refractivity contribution in [1.29, 1.82) is 0 Å². The Kier molecular flexibility index (Phi) is 2.50. The zero-order chi connectivity index (χ0) is 11.3. The molecule has 1 heteroatoms. The minimum Gasteiger partial charge on any atom is -0.396 e. The van der Waals surface area contributed by atoms with Crippen molar-refractivity contribution in [3.63, 3.8) is 0 Å². The van der Waals surface area contributed by atoms with E-state index in [-0.39, 0.29) is 0 Å². The number of allylic oxidation sites excluding steroid dienone is 1. The number of rotatable bonds is 2. The highest BCUT2D eigenvalue weighted by Crippen LogP contribution is 2.65. The van der Waals surface area contributed by atoms with Crippen LogP contribution in [0.5, 0.6) is 0 Å². The van der Waals surface area contributed by atoms with Crippen LogP contribution in [0.4, 0.5) is 0 Å². The van der Waals surface area contributed by atoms with E-state index in [1.165, 1.54) is 19.3 Å². The molecule has 0 aromatic heterocycles. The van der Waals surface area contributed by atoms with Gasteiger partial charge in [0.05, 0.1) is 0 Å². The maximum Gasteiger partial charge on any atom is 0.0467 e. The second-order valence-corrected chi connectivity index (χ2v) is 6.57. The van der Waals surface area contributed by atoms with E-state index in [1.807, 2.05) is 0 Å². The highest BCUT2D eigenvalue weighted by Gasteiger charge is 2.58. The van der Waals surface area contributed by atoms with E-state index in [2.05, 4.69) is 33.4 Å². The molecule has 2 aliphatic carbocycles. The van der Waals surface area contributed by atoms with Gasteiger partial charge in [-0.25, -0.2) is 0 Å². The summed E-state index contributed by atoms with van der Waals surface area (Å²) in [6.07, 6.45) is 5.94. The van der Waals surface area contributed by atoms with Crippen molar-refractivity contribution in [2.45, 2.75) is 40.0 Å². The molecular weight excluding hydrogens is 184 g/mol. The van der Waals surface area contributed by atoms with Crippen molar-refractivity contribution in [3.05, 3.63) is 12.7 Å². The van der Waals surface area contributed by atoms with E-state index < -0.39 is 0 Å². The summed E-state index contributed by atoms with van der Waals surface area (Å²) in [5.74, 6) is 1.66. The maximum absolute atomic E-state index is 9.61. The molecule has 15 heavy (non-hydrogen) atoms. The summed E-state index contributed by atoms with van der Waals surface area (Å²) < 4.78 is 0. The predicted octanol–water partition coefficient (Wildman–Crippen LogP) is 3.24. The van der Waals surface area contributed by atoms with Crippen molar-refractivity contribution in [1.82, 2.24) is 0 Å². The van der Waals surface area contributed by atoms with Crippen LogP contribution in [0, 0.1) is 28.6 Å². The van der Waals surface area contributed by atoms with E-state index >= 15 is 0 Å². The quantitative estimate of drug-likeness (QED) is 0.691. The van der Waals surface area contributed by atoms with Gasteiger partial charge in [-0.3, -0.25) is 0 Å². The average Bonchev–Trinajstić information content (AvgIpc) is 2.60. The van der Waals surface area contributed by atoms with Crippen molar-refractivity contribution < 1.29 is 5.11 Å². The molecular formula is C14H24O. The highest BCUT2D eigenvalue weighted by atomic mass is 16.3. The van der Waals surface area contributed by atoms with Gasteiger partial charge in [0, 0.05) is 6.61 Å². The van der Waals surface area contributed by atoms with Gasteiger partial charge in [-0.05, 0) is 47.8 Å². The van der Waals surface area contributed by atoms with Gasteiger partial charge < -0.3 is 5.11 Å². The third kappa shape index (κ3) is 1.47. The van der Waals surface area contributed by atoms with E-state index in [1.54, 1.807) is 0 Å². The van der Waals surface area contributed by atoms with Gasteiger partial charge in [0.25, 0.3) is 0 Å². The second-order valence-electron chi connectivity index (χ2n) is 6.57. The van der Waals surface area contributed by atoms with Gasteiger partial charge >= 0.3 is 0 Å². The van der Waals surface area contributed by atoms with Crippen LogP contribution in [0.15, 0.2) is 12.7 Å². The Hall–Kier alpha value is -0.300.